The van der Waals surface area contributed by atoms with Crippen molar-refractivity contribution < 1.29 is 24.2 Å². The van der Waals surface area contributed by atoms with Crippen LogP contribution in [0.3, 0.4) is 0 Å². The van der Waals surface area contributed by atoms with Gasteiger partial charge in [0.05, 0.1) is 30.7 Å². The quantitative estimate of drug-likeness (QED) is 0.671. The Morgan fingerprint density at radius 3 is 2.61 bits per heavy atom. The topological polar surface area (TPSA) is 109 Å². The molecule has 3 N–H and O–H groups in total. The predicted molar refractivity (Wildman–Crippen MR) is 105 cm³/mol. The zero-order valence-corrected chi connectivity index (χ0v) is 16.7. The number of aliphatic hydroxyl groups is 2. The Morgan fingerprint density at radius 2 is 1.96 bits per heavy atom. The van der Waals surface area contributed by atoms with Crippen LogP contribution in [0.4, 0.5) is 0 Å². The summed E-state index contributed by atoms with van der Waals surface area (Å²) in [5.41, 5.74) is 0.436. The van der Waals surface area contributed by atoms with Gasteiger partial charge in [-0.2, -0.15) is 0 Å². The van der Waals surface area contributed by atoms with Gasteiger partial charge in [0.15, 0.2) is 0 Å². The Kier molecular flexibility index (Phi) is 5.25. The summed E-state index contributed by atoms with van der Waals surface area (Å²) in [5.74, 6) is 0.252. The van der Waals surface area contributed by atoms with Crippen LogP contribution in [-0.2, 0) is 17.6 Å². The summed E-state index contributed by atoms with van der Waals surface area (Å²) in [5, 5.41) is 22.0. The highest BCUT2D eigenvalue weighted by Gasteiger charge is 2.29. The van der Waals surface area contributed by atoms with Crippen LogP contribution < -0.4 is 15.7 Å². The molecule has 0 radical (unpaired) electrons. The van der Waals surface area contributed by atoms with E-state index in [0.717, 1.165) is 29.5 Å². The SMILES string of the molecule is Cc1c(CC(=O)NC(C)(CO)CO)c(=O)oc2cc3c(cc12)CCC(C)(C)O3. The number of rotatable bonds is 5. The average molecular weight is 389 g/mol. The van der Waals surface area contributed by atoms with E-state index in [0.29, 0.717) is 11.1 Å². The van der Waals surface area contributed by atoms with Gasteiger partial charge in [0.2, 0.25) is 5.91 Å². The number of ether oxygens (including phenoxy) is 1. The Bertz CT molecular complexity index is 971. The molecule has 0 aliphatic carbocycles. The predicted octanol–water partition coefficient (Wildman–Crippen LogP) is 1.61. The first-order valence-corrected chi connectivity index (χ1v) is 9.38. The fourth-order valence-electron chi connectivity index (χ4n) is 3.41. The second-order valence-electron chi connectivity index (χ2n) is 8.41. The molecule has 0 fully saturated rings. The van der Waals surface area contributed by atoms with Crippen molar-refractivity contribution in [3.63, 3.8) is 0 Å². The zero-order valence-electron chi connectivity index (χ0n) is 16.7. The van der Waals surface area contributed by atoms with Crippen LogP contribution in [0.5, 0.6) is 5.75 Å². The van der Waals surface area contributed by atoms with E-state index in [1.165, 1.54) is 6.92 Å². The van der Waals surface area contributed by atoms with Crippen LogP contribution in [-0.4, -0.2) is 40.5 Å². The summed E-state index contributed by atoms with van der Waals surface area (Å²) in [7, 11) is 0. The number of benzene rings is 1. The highest BCUT2D eigenvalue weighted by atomic mass is 16.5. The molecule has 2 heterocycles. The van der Waals surface area contributed by atoms with Crippen LogP contribution in [0.15, 0.2) is 21.3 Å². The molecule has 0 saturated heterocycles. The van der Waals surface area contributed by atoms with Crippen LogP contribution in [0.25, 0.3) is 11.0 Å². The molecule has 1 aliphatic heterocycles. The van der Waals surface area contributed by atoms with E-state index in [4.69, 9.17) is 9.15 Å². The molecule has 1 aromatic heterocycles. The van der Waals surface area contributed by atoms with Crippen LogP contribution in [0.1, 0.15) is 43.9 Å². The summed E-state index contributed by atoms with van der Waals surface area (Å²) < 4.78 is 11.5. The molecule has 0 atom stereocenters. The van der Waals surface area contributed by atoms with Gasteiger partial charge in [-0.25, -0.2) is 4.79 Å². The first-order valence-electron chi connectivity index (χ1n) is 9.38. The van der Waals surface area contributed by atoms with Gasteiger partial charge < -0.3 is 24.7 Å². The smallest absolute Gasteiger partial charge is 0.340 e. The summed E-state index contributed by atoms with van der Waals surface area (Å²) in [6.07, 6.45) is 1.55. The van der Waals surface area contributed by atoms with Crippen molar-refractivity contribution >= 4 is 16.9 Å². The lowest BCUT2D eigenvalue weighted by molar-refractivity contribution is -0.123. The normalized spacial score (nSPS) is 15.8. The summed E-state index contributed by atoms with van der Waals surface area (Å²) in [6, 6.07) is 3.71. The number of hydrogen-bond acceptors (Lipinski definition) is 6. The molecule has 0 bridgehead atoms. The number of carbonyl (C=O) groups excluding carboxylic acids is 1. The van der Waals surface area contributed by atoms with Crippen molar-refractivity contribution in [2.75, 3.05) is 13.2 Å². The fraction of sp³-hybridized carbons (Fsp3) is 0.524. The molecule has 7 heteroatoms. The Hall–Kier alpha value is -2.38. The standard InChI is InChI=1S/C21H27NO6/c1-12-14-7-13-5-6-20(2,3)28-16(13)9-17(14)27-19(26)15(12)8-18(25)22-21(4,10-23)11-24/h7,9,23-24H,5-6,8,10-11H2,1-4H3,(H,22,25). The van der Waals surface area contributed by atoms with Crippen LogP contribution in [0.2, 0.25) is 0 Å². The molecule has 3 rings (SSSR count). The lowest BCUT2D eigenvalue weighted by Crippen LogP contribution is -2.52. The average Bonchev–Trinajstić information content (AvgIpc) is 2.63. The van der Waals surface area contributed by atoms with Crippen molar-refractivity contribution in [1.82, 2.24) is 5.32 Å². The molecule has 0 spiro atoms. The van der Waals surface area contributed by atoms with E-state index in [1.54, 1.807) is 13.0 Å². The second kappa shape index (κ2) is 7.22. The maximum atomic E-state index is 12.5. The fourth-order valence-corrected chi connectivity index (χ4v) is 3.41. The van der Waals surface area contributed by atoms with Crippen LogP contribution in [0, 0.1) is 6.92 Å². The molecule has 1 amide bonds. The molecule has 0 saturated carbocycles. The lowest BCUT2D eigenvalue weighted by Gasteiger charge is -2.32. The highest BCUT2D eigenvalue weighted by Crippen LogP contribution is 2.36. The minimum Gasteiger partial charge on any atom is -0.487 e. The van der Waals surface area contributed by atoms with Gasteiger partial charge in [-0.3, -0.25) is 4.79 Å². The maximum absolute atomic E-state index is 12.5. The number of amides is 1. The van der Waals surface area contributed by atoms with Gasteiger partial charge in [0, 0.05) is 11.5 Å². The van der Waals surface area contributed by atoms with Crippen molar-refractivity contribution in [1.29, 1.82) is 0 Å². The van der Waals surface area contributed by atoms with Gasteiger partial charge in [-0.15, -0.1) is 0 Å². The third kappa shape index (κ3) is 3.91. The second-order valence-corrected chi connectivity index (χ2v) is 8.41. The van der Waals surface area contributed by atoms with Crippen molar-refractivity contribution in [2.45, 2.75) is 58.1 Å². The lowest BCUT2D eigenvalue weighted by atomic mass is 9.92. The number of aryl methyl sites for hydroxylation is 2. The first-order chi connectivity index (χ1) is 13.1. The Balaban J connectivity index is 1.97. The molecule has 1 aromatic carbocycles. The van der Waals surface area contributed by atoms with Gasteiger partial charge in [-0.1, -0.05) is 0 Å². The molecule has 152 valence electrons. The van der Waals surface area contributed by atoms with E-state index >= 15 is 0 Å². The zero-order chi connectivity index (χ0) is 20.7. The minimum absolute atomic E-state index is 0.194. The van der Waals surface area contributed by atoms with E-state index in [1.807, 2.05) is 19.9 Å². The van der Waals surface area contributed by atoms with E-state index in [-0.39, 0.29) is 17.6 Å². The molecular weight excluding hydrogens is 362 g/mol. The number of nitrogens with one attached hydrogen (secondary N) is 1. The Morgan fingerprint density at radius 1 is 1.29 bits per heavy atom. The van der Waals surface area contributed by atoms with Gasteiger partial charge in [0.25, 0.3) is 0 Å². The molecule has 0 unspecified atom stereocenters. The first kappa shape index (κ1) is 20.4. The number of fused-ring (bicyclic) bond motifs is 2. The van der Waals surface area contributed by atoms with Crippen molar-refractivity contribution in [3.05, 3.63) is 39.2 Å². The van der Waals surface area contributed by atoms with E-state index in [9.17, 15) is 19.8 Å². The number of aliphatic hydroxyl groups excluding tert-OH is 2. The number of carbonyl (C=O) groups is 1. The molecule has 2 aromatic rings. The van der Waals surface area contributed by atoms with Crippen LogP contribution >= 0.6 is 0 Å². The third-order valence-electron chi connectivity index (χ3n) is 5.33. The monoisotopic (exact) mass is 389 g/mol. The molecule has 1 aliphatic rings. The minimum atomic E-state index is -1.15. The van der Waals surface area contributed by atoms with Gasteiger partial charge in [-0.05, 0) is 57.7 Å². The number of hydrogen-bond donors (Lipinski definition) is 3. The van der Waals surface area contributed by atoms with E-state index in [2.05, 4.69) is 5.32 Å². The molecule has 28 heavy (non-hydrogen) atoms. The highest BCUT2D eigenvalue weighted by molar-refractivity contribution is 5.86. The Labute approximate surface area is 163 Å². The summed E-state index contributed by atoms with van der Waals surface area (Å²) >= 11 is 0. The maximum Gasteiger partial charge on any atom is 0.340 e. The third-order valence-corrected chi connectivity index (χ3v) is 5.33. The van der Waals surface area contributed by atoms with E-state index < -0.39 is 30.3 Å². The van der Waals surface area contributed by atoms with Gasteiger partial charge >= 0.3 is 5.63 Å². The van der Waals surface area contributed by atoms with Gasteiger partial charge in [0.1, 0.15) is 16.9 Å². The largest absolute Gasteiger partial charge is 0.487 e. The summed E-state index contributed by atoms with van der Waals surface area (Å²) in [6.45, 7) is 6.53. The summed E-state index contributed by atoms with van der Waals surface area (Å²) in [4.78, 5) is 24.9. The van der Waals surface area contributed by atoms with Crippen molar-refractivity contribution in [2.24, 2.45) is 0 Å². The molecule has 7 nitrogen and oxygen atoms in total. The molecular formula is C21H27NO6. The van der Waals surface area contributed by atoms with Crippen molar-refractivity contribution in [3.8, 4) is 5.75 Å².